The van der Waals surface area contributed by atoms with Crippen LogP contribution < -0.4 is 15.5 Å². The summed E-state index contributed by atoms with van der Waals surface area (Å²) >= 11 is 1.43. The van der Waals surface area contributed by atoms with Crippen molar-refractivity contribution >= 4 is 50.8 Å². The number of anilines is 2. The summed E-state index contributed by atoms with van der Waals surface area (Å²) in [5, 5.41) is 16.6. The predicted octanol–water partition coefficient (Wildman–Crippen LogP) is 5.55. The van der Waals surface area contributed by atoms with Crippen molar-refractivity contribution in [3.05, 3.63) is 76.1 Å². The SMILES string of the molecule is CC(C)(O)c1cc2nc(C3CCN(Cc4cc(N5CCC(=O)NC5=O)cnc4F)CC3)sc2cc1NC(=O)c1cccc(C(F)(F)F)n1. The lowest BCUT2D eigenvalue weighted by atomic mass is 9.95. The van der Waals surface area contributed by atoms with Crippen molar-refractivity contribution in [2.45, 2.75) is 57.3 Å². The minimum atomic E-state index is -4.71. The number of thiazole rings is 1. The largest absolute Gasteiger partial charge is 0.433 e. The molecule has 3 aromatic heterocycles. The van der Waals surface area contributed by atoms with Gasteiger partial charge in [-0.25, -0.2) is 19.7 Å². The Bertz CT molecular complexity index is 1900. The Morgan fingerprint density at radius 3 is 2.54 bits per heavy atom. The Hall–Kier alpha value is -4.54. The van der Waals surface area contributed by atoms with Gasteiger partial charge in [-0.3, -0.25) is 24.7 Å². The van der Waals surface area contributed by atoms with Crippen LogP contribution in [0.1, 0.15) is 71.3 Å². The van der Waals surface area contributed by atoms with Crippen molar-refractivity contribution in [2.24, 2.45) is 0 Å². The summed E-state index contributed by atoms with van der Waals surface area (Å²) in [7, 11) is 0. The first-order valence-corrected chi connectivity index (χ1v) is 16.0. The lowest BCUT2D eigenvalue weighted by Crippen LogP contribution is -2.49. The summed E-state index contributed by atoms with van der Waals surface area (Å²) in [5.41, 5.74) is -1.09. The Morgan fingerprint density at radius 1 is 1.10 bits per heavy atom. The Morgan fingerprint density at radius 2 is 1.85 bits per heavy atom. The molecule has 2 saturated heterocycles. The molecule has 0 atom stereocenters. The zero-order chi connectivity index (χ0) is 34.4. The number of likely N-dealkylation sites (tertiary alicyclic amines) is 1. The zero-order valence-electron chi connectivity index (χ0n) is 25.9. The van der Waals surface area contributed by atoms with E-state index < -0.39 is 41.1 Å². The molecule has 0 saturated carbocycles. The predicted molar refractivity (Wildman–Crippen MR) is 169 cm³/mol. The summed E-state index contributed by atoms with van der Waals surface area (Å²) < 4.78 is 54.9. The molecular formula is C32H31F4N7O4S. The number of benzene rings is 1. The molecule has 11 nitrogen and oxygen atoms in total. The number of hydrogen-bond donors (Lipinski definition) is 3. The summed E-state index contributed by atoms with van der Waals surface area (Å²) in [6.45, 7) is 4.82. The maximum absolute atomic E-state index is 14.7. The number of alkyl halides is 3. The number of halogens is 4. The van der Waals surface area contributed by atoms with E-state index in [0.29, 0.717) is 35.4 Å². The first kappa shape index (κ1) is 33.4. The fraction of sp³-hybridized carbons (Fsp3) is 0.375. The molecule has 2 aliphatic rings. The normalized spacial score (nSPS) is 16.8. The highest BCUT2D eigenvalue weighted by atomic mass is 32.1. The van der Waals surface area contributed by atoms with E-state index >= 15 is 0 Å². The number of fused-ring (bicyclic) bond motifs is 1. The maximum Gasteiger partial charge on any atom is 0.433 e. The number of rotatable bonds is 7. The second-order valence-electron chi connectivity index (χ2n) is 12.3. The van der Waals surface area contributed by atoms with Crippen LogP contribution in [0, 0.1) is 5.95 Å². The highest BCUT2D eigenvalue weighted by Gasteiger charge is 2.33. The lowest BCUT2D eigenvalue weighted by Gasteiger charge is -2.31. The Kier molecular flexibility index (Phi) is 8.91. The number of imide groups is 1. The molecule has 2 aliphatic heterocycles. The summed E-state index contributed by atoms with van der Waals surface area (Å²) in [5.74, 6) is -1.75. The highest BCUT2D eigenvalue weighted by molar-refractivity contribution is 7.18. The molecule has 48 heavy (non-hydrogen) atoms. The van der Waals surface area contributed by atoms with E-state index in [1.54, 1.807) is 18.2 Å². The Balaban J connectivity index is 1.16. The minimum Gasteiger partial charge on any atom is -0.386 e. The van der Waals surface area contributed by atoms with Gasteiger partial charge in [-0.2, -0.15) is 17.6 Å². The van der Waals surface area contributed by atoms with Crippen LogP contribution in [-0.2, 0) is 23.1 Å². The molecule has 1 aromatic carbocycles. The second kappa shape index (κ2) is 12.8. The number of hydrogen-bond acceptors (Lipinski definition) is 9. The fourth-order valence-electron chi connectivity index (χ4n) is 5.81. The molecule has 6 rings (SSSR count). The van der Waals surface area contributed by atoms with Crippen LogP contribution in [0.2, 0.25) is 0 Å². The molecule has 0 aliphatic carbocycles. The molecule has 0 unspecified atom stereocenters. The van der Waals surface area contributed by atoms with Crippen LogP contribution in [0.4, 0.5) is 33.7 Å². The monoisotopic (exact) mass is 685 g/mol. The van der Waals surface area contributed by atoms with Crippen LogP contribution in [0.15, 0.2) is 42.6 Å². The molecule has 0 radical (unpaired) electrons. The third kappa shape index (κ3) is 7.15. The molecule has 0 spiro atoms. The van der Waals surface area contributed by atoms with Gasteiger partial charge in [0.25, 0.3) is 5.91 Å². The van der Waals surface area contributed by atoms with E-state index in [9.17, 15) is 37.1 Å². The number of carbonyl (C=O) groups excluding carboxylic acids is 3. The number of pyridine rings is 2. The lowest BCUT2D eigenvalue weighted by molar-refractivity contribution is -0.141. The van der Waals surface area contributed by atoms with Crippen LogP contribution in [-0.4, -0.2) is 62.4 Å². The number of urea groups is 1. The first-order chi connectivity index (χ1) is 22.7. The number of amides is 4. The number of piperidine rings is 1. The number of carbonyl (C=O) groups is 3. The van der Waals surface area contributed by atoms with Crippen LogP contribution in [0.5, 0.6) is 0 Å². The highest BCUT2D eigenvalue weighted by Crippen LogP contribution is 2.39. The van der Waals surface area contributed by atoms with Crippen molar-refractivity contribution < 1.29 is 37.1 Å². The minimum absolute atomic E-state index is 0.0977. The molecule has 3 N–H and O–H groups in total. The van der Waals surface area contributed by atoms with Crippen molar-refractivity contribution in [3.8, 4) is 0 Å². The first-order valence-electron chi connectivity index (χ1n) is 15.2. The average molecular weight is 686 g/mol. The fourth-order valence-corrected chi connectivity index (χ4v) is 6.97. The van der Waals surface area contributed by atoms with E-state index in [0.717, 1.165) is 34.7 Å². The molecule has 0 bridgehead atoms. The third-order valence-electron chi connectivity index (χ3n) is 8.32. The summed E-state index contributed by atoms with van der Waals surface area (Å²) in [4.78, 5) is 52.3. The maximum atomic E-state index is 14.7. The van der Waals surface area contributed by atoms with E-state index in [2.05, 4.69) is 25.5 Å². The molecule has 4 aromatic rings. The van der Waals surface area contributed by atoms with E-state index in [1.165, 1.54) is 42.3 Å². The molecule has 2 fully saturated rings. The van der Waals surface area contributed by atoms with E-state index in [-0.39, 0.29) is 37.0 Å². The molecule has 16 heteroatoms. The van der Waals surface area contributed by atoms with Gasteiger partial charge in [-0.05, 0) is 70.1 Å². The number of aromatic nitrogens is 3. The van der Waals surface area contributed by atoms with Crippen LogP contribution >= 0.6 is 11.3 Å². The third-order valence-corrected chi connectivity index (χ3v) is 9.50. The van der Waals surface area contributed by atoms with Gasteiger partial charge in [0.2, 0.25) is 11.9 Å². The Labute approximate surface area is 276 Å². The number of nitrogens with zero attached hydrogens (tertiary/aromatic N) is 5. The van der Waals surface area contributed by atoms with Crippen molar-refractivity contribution in [1.82, 2.24) is 25.2 Å². The summed E-state index contributed by atoms with van der Waals surface area (Å²) in [6, 6.07) is 7.41. The van der Waals surface area contributed by atoms with Crippen LogP contribution in [0.25, 0.3) is 10.2 Å². The van der Waals surface area contributed by atoms with Crippen molar-refractivity contribution in [2.75, 3.05) is 29.9 Å². The van der Waals surface area contributed by atoms with Gasteiger partial charge in [-0.1, -0.05) is 6.07 Å². The quantitative estimate of drug-likeness (QED) is 0.170. The molecular weight excluding hydrogens is 654 g/mol. The zero-order valence-corrected chi connectivity index (χ0v) is 26.7. The molecule has 252 valence electrons. The van der Waals surface area contributed by atoms with Gasteiger partial charge in [0, 0.05) is 42.2 Å². The van der Waals surface area contributed by atoms with Gasteiger partial charge in [0.05, 0.1) is 32.7 Å². The van der Waals surface area contributed by atoms with Gasteiger partial charge >= 0.3 is 12.2 Å². The van der Waals surface area contributed by atoms with Crippen LogP contribution in [0.3, 0.4) is 0 Å². The van der Waals surface area contributed by atoms with Gasteiger partial charge in [-0.15, -0.1) is 11.3 Å². The van der Waals surface area contributed by atoms with Gasteiger partial charge < -0.3 is 10.4 Å². The molecule has 5 heterocycles. The van der Waals surface area contributed by atoms with Gasteiger partial charge in [0.15, 0.2) is 0 Å². The van der Waals surface area contributed by atoms with Crippen molar-refractivity contribution in [1.29, 1.82) is 0 Å². The summed E-state index contributed by atoms with van der Waals surface area (Å²) in [6.07, 6.45) is -1.83. The smallest absolute Gasteiger partial charge is 0.386 e. The molecule has 4 amide bonds. The second-order valence-corrected chi connectivity index (χ2v) is 13.3. The van der Waals surface area contributed by atoms with Gasteiger partial charge in [0.1, 0.15) is 11.4 Å². The van der Waals surface area contributed by atoms with E-state index in [4.69, 9.17) is 4.98 Å². The van der Waals surface area contributed by atoms with E-state index in [1.807, 2.05) is 0 Å². The standard InChI is InChI=1S/C32H31F4N7O4S/c1-31(2,47)20-13-23-24(14-22(20)39-28(45)21-4-3-5-25(38-21)32(34,35)36)48-29(40-23)17-6-9-42(10-7-17)16-18-12-19(15-37-27(18)33)43-11-8-26(44)41-30(43)46/h3-5,12-15,17,47H,6-11,16H2,1-2H3,(H,39,45)(H,41,44,46). The topological polar surface area (TPSA) is 141 Å². The number of aliphatic hydroxyl groups is 1. The van der Waals surface area contributed by atoms with Crippen molar-refractivity contribution in [3.63, 3.8) is 0 Å². The average Bonchev–Trinajstić information content (AvgIpc) is 3.44. The number of nitrogens with one attached hydrogen (secondary N) is 2.